The van der Waals surface area contributed by atoms with Gasteiger partial charge in [-0.15, -0.1) is 22.7 Å². The first-order valence-corrected chi connectivity index (χ1v) is 17.0. The van der Waals surface area contributed by atoms with Crippen LogP contribution in [0.25, 0.3) is 25.5 Å². The van der Waals surface area contributed by atoms with Gasteiger partial charge in [0, 0.05) is 25.6 Å². The second-order valence-corrected chi connectivity index (χ2v) is 15.5. The van der Waals surface area contributed by atoms with Crippen LogP contribution < -0.4 is 21.7 Å². The lowest BCUT2D eigenvalue weighted by molar-refractivity contribution is -0.113. The first-order chi connectivity index (χ1) is 21.0. The molecule has 43 heavy (non-hydrogen) atoms. The molecular weight excluding hydrogens is 592 g/mol. The minimum Gasteiger partial charge on any atom is -0.295 e. The standard InChI is InChI=1S/C35H23N2O3PS2/c1-22(38)23-20-28(34-36-32(39)26-16-8-10-18-30(26)42-34)41(24-12-4-2-5-13-24,25-14-6-3-7-15-25)29(21-23)35-37-33(40)27-17-9-11-19-31(27)43-35/h2-21H,1H3. The van der Waals surface area contributed by atoms with Gasteiger partial charge in [0.05, 0.1) is 10.8 Å². The average molecular weight is 615 g/mol. The third-order valence-corrected chi connectivity index (χ3v) is 14.2. The van der Waals surface area contributed by atoms with Crippen LogP contribution in [0.2, 0.25) is 0 Å². The second kappa shape index (κ2) is 10.9. The molecule has 8 heteroatoms. The molecule has 0 aliphatic carbocycles. The topological polar surface area (TPSA) is 77.0 Å². The Bertz CT molecular complexity index is 2280. The molecule has 0 saturated heterocycles. The number of aromatic nitrogens is 2. The van der Waals surface area contributed by atoms with E-state index in [9.17, 15) is 14.4 Å². The van der Waals surface area contributed by atoms with Crippen LogP contribution in [0.4, 0.5) is 0 Å². The molecule has 5 nitrogen and oxygen atoms in total. The van der Waals surface area contributed by atoms with Crippen LogP contribution in [0.5, 0.6) is 0 Å². The van der Waals surface area contributed by atoms with Crippen LogP contribution >= 0.6 is 29.6 Å². The van der Waals surface area contributed by atoms with Crippen molar-refractivity contribution < 1.29 is 4.79 Å². The Balaban J connectivity index is 1.73. The Morgan fingerprint density at radius 2 is 1.07 bits per heavy atom. The molecule has 2 aromatic heterocycles. The highest BCUT2D eigenvalue weighted by molar-refractivity contribution is 7.98. The molecule has 0 unspecified atom stereocenters. The molecule has 0 bridgehead atoms. The van der Waals surface area contributed by atoms with Crippen LogP contribution in [-0.4, -0.2) is 21.0 Å². The van der Waals surface area contributed by atoms with Gasteiger partial charge in [0.15, 0.2) is 5.78 Å². The van der Waals surface area contributed by atoms with Crippen molar-refractivity contribution in [2.75, 3.05) is 0 Å². The molecule has 0 spiro atoms. The average Bonchev–Trinajstić information content (AvgIpc) is 3.05. The number of nitrogens with zero attached hydrogens (tertiary/aromatic N) is 2. The number of carbonyl (C=O) groups is 1. The summed E-state index contributed by atoms with van der Waals surface area (Å²) in [4.78, 5) is 49.3. The maximum atomic E-state index is 13.4. The lowest BCUT2D eigenvalue weighted by Gasteiger charge is -2.35. The SMILES string of the molecule is CC(=O)C1=CC(c2nc(=O)c3ccccc3s2)=P(c2ccccc2)(c2ccccc2)C(c2nc(=O)c3ccccc3s2)=C1. The van der Waals surface area contributed by atoms with E-state index < -0.39 is 6.89 Å². The van der Waals surface area contributed by atoms with E-state index in [0.717, 1.165) is 30.6 Å². The fraction of sp³-hybridized carbons (Fsp3) is 0.0286. The fourth-order valence-electron chi connectivity index (χ4n) is 5.52. The van der Waals surface area contributed by atoms with Crippen molar-refractivity contribution >= 4 is 76.7 Å². The van der Waals surface area contributed by atoms with E-state index in [1.807, 2.05) is 84.9 Å². The van der Waals surface area contributed by atoms with Gasteiger partial charge in [-0.05, 0) is 60.8 Å². The maximum absolute atomic E-state index is 13.4. The Morgan fingerprint density at radius 1 is 0.605 bits per heavy atom. The highest BCUT2D eigenvalue weighted by Crippen LogP contribution is 2.62. The first kappa shape index (κ1) is 27.3. The van der Waals surface area contributed by atoms with Gasteiger partial charge in [0.2, 0.25) is 0 Å². The summed E-state index contributed by atoms with van der Waals surface area (Å²) in [5.41, 5.74) is -0.173. The number of fused-ring (bicyclic) bond motifs is 2. The molecule has 1 aliphatic heterocycles. The Hall–Kier alpha value is -4.55. The number of ketones is 1. The number of carbonyl (C=O) groups excluding carboxylic acids is 1. The van der Waals surface area contributed by atoms with Gasteiger partial charge in [0.25, 0.3) is 11.1 Å². The summed E-state index contributed by atoms with van der Waals surface area (Å²) in [6, 6.07) is 35.1. The van der Waals surface area contributed by atoms with E-state index in [1.54, 1.807) is 12.1 Å². The van der Waals surface area contributed by atoms with E-state index in [-0.39, 0.29) is 16.9 Å². The largest absolute Gasteiger partial charge is 0.295 e. The Labute approximate surface area is 255 Å². The molecule has 0 radical (unpaired) electrons. The molecule has 0 fully saturated rings. The van der Waals surface area contributed by atoms with Gasteiger partial charge in [-0.2, -0.15) is 9.97 Å². The zero-order chi connectivity index (χ0) is 29.6. The Kier molecular flexibility index (Phi) is 6.94. The number of rotatable bonds is 5. The predicted octanol–water partition coefficient (Wildman–Crippen LogP) is 6.39. The summed E-state index contributed by atoms with van der Waals surface area (Å²) in [6.45, 7) is -1.34. The van der Waals surface area contributed by atoms with Crippen molar-refractivity contribution in [3.8, 4) is 0 Å². The smallest absolute Gasteiger partial charge is 0.279 e. The number of allylic oxidation sites excluding steroid dienone is 3. The van der Waals surface area contributed by atoms with Gasteiger partial charge in [0.1, 0.15) is 10.0 Å². The van der Waals surface area contributed by atoms with Gasteiger partial charge >= 0.3 is 0 Å². The number of benzene rings is 4. The van der Waals surface area contributed by atoms with Crippen molar-refractivity contribution in [1.82, 2.24) is 9.97 Å². The van der Waals surface area contributed by atoms with Crippen LogP contribution in [-0.2, 0) is 4.79 Å². The zero-order valence-corrected chi connectivity index (χ0v) is 25.5. The summed E-state index contributed by atoms with van der Waals surface area (Å²) in [5.74, 6) is -0.129. The summed E-state index contributed by atoms with van der Waals surface area (Å²) in [5, 5.41) is 5.78. The summed E-state index contributed by atoms with van der Waals surface area (Å²) < 4.78 is 1.62. The van der Waals surface area contributed by atoms with E-state index in [4.69, 9.17) is 0 Å². The maximum Gasteiger partial charge on any atom is 0.279 e. The normalized spacial score (nSPS) is 14.4. The number of Topliss-reactive ketones (excluding diaryl/α,β-unsaturated/α-hetero) is 1. The molecular formula is C35H23N2O3PS2. The van der Waals surface area contributed by atoms with Crippen LogP contribution in [0.3, 0.4) is 0 Å². The molecule has 0 amide bonds. The van der Waals surface area contributed by atoms with E-state index in [0.29, 0.717) is 26.4 Å². The predicted molar refractivity (Wildman–Crippen MR) is 182 cm³/mol. The zero-order valence-electron chi connectivity index (χ0n) is 22.9. The molecule has 4 aromatic carbocycles. The molecule has 3 heterocycles. The minimum atomic E-state index is -2.86. The van der Waals surface area contributed by atoms with Gasteiger partial charge in [-0.3, -0.25) is 14.4 Å². The van der Waals surface area contributed by atoms with Gasteiger partial charge in [-0.1, -0.05) is 84.9 Å². The van der Waals surface area contributed by atoms with Crippen molar-refractivity contribution in [2.45, 2.75) is 6.92 Å². The highest BCUT2D eigenvalue weighted by atomic mass is 32.1. The van der Waals surface area contributed by atoms with Crippen molar-refractivity contribution in [1.29, 1.82) is 0 Å². The van der Waals surface area contributed by atoms with Gasteiger partial charge < -0.3 is 0 Å². The van der Waals surface area contributed by atoms with Crippen LogP contribution in [0.15, 0.2) is 137 Å². The van der Waals surface area contributed by atoms with Gasteiger partial charge in [-0.25, -0.2) is 0 Å². The second-order valence-electron chi connectivity index (χ2n) is 10.1. The van der Waals surface area contributed by atoms with Crippen molar-refractivity contribution in [2.24, 2.45) is 0 Å². The molecule has 0 saturated carbocycles. The fourth-order valence-corrected chi connectivity index (χ4v) is 12.7. The summed E-state index contributed by atoms with van der Waals surface area (Å²) in [7, 11) is 0. The number of hydrogen-bond acceptors (Lipinski definition) is 7. The van der Waals surface area contributed by atoms with E-state index in [1.165, 1.54) is 29.6 Å². The van der Waals surface area contributed by atoms with Crippen LogP contribution in [0.1, 0.15) is 16.9 Å². The lowest BCUT2D eigenvalue weighted by Crippen LogP contribution is -2.27. The highest BCUT2D eigenvalue weighted by Gasteiger charge is 2.37. The molecule has 0 N–H and O–H groups in total. The van der Waals surface area contributed by atoms with Crippen molar-refractivity contribution in [3.63, 3.8) is 0 Å². The summed E-state index contributed by atoms with van der Waals surface area (Å²) >= 11 is 2.87. The Morgan fingerprint density at radius 3 is 1.60 bits per heavy atom. The van der Waals surface area contributed by atoms with Crippen molar-refractivity contribution in [3.05, 3.63) is 158 Å². The van der Waals surface area contributed by atoms with Crippen LogP contribution in [0, 0.1) is 0 Å². The van der Waals surface area contributed by atoms with E-state index in [2.05, 4.69) is 34.2 Å². The monoisotopic (exact) mass is 614 g/mol. The summed E-state index contributed by atoms with van der Waals surface area (Å²) in [6.07, 6.45) is 3.80. The third-order valence-electron chi connectivity index (χ3n) is 7.49. The molecule has 0 atom stereocenters. The molecule has 7 rings (SSSR count). The van der Waals surface area contributed by atoms with E-state index >= 15 is 0 Å². The minimum absolute atomic E-state index is 0.129. The molecule has 208 valence electrons. The first-order valence-electron chi connectivity index (χ1n) is 13.6. The lowest BCUT2D eigenvalue weighted by atomic mass is 10.1. The third kappa shape index (κ3) is 4.57. The number of hydrogen-bond donors (Lipinski definition) is 0. The molecule has 1 aliphatic rings. The molecule has 6 aromatic rings. The quantitative estimate of drug-likeness (QED) is 0.211.